The summed E-state index contributed by atoms with van der Waals surface area (Å²) in [5.41, 5.74) is 0.137. The molecule has 1 saturated carbocycles. The van der Waals surface area contributed by atoms with Crippen molar-refractivity contribution in [2.75, 3.05) is 0 Å². The molecule has 0 aliphatic heterocycles. The number of Topliss-reactive ketones (excluding diaryl/α,β-unsaturated/α-hetero) is 1. The summed E-state index contributed by atoms with van der Waals surface area (Å²) in [6, 6.07) is 8.43. The Morgan fingerprint density at radius 1 is 1.37 bits per heavy atom. The van der Waals surface area contributed by atoms with E-state index in [0.29, 0.717) is 25.7 Å². The van der Waals surface area contributed by atoms with Gasteiger partial charge < -0.3 is 0 Å². The number of hydrogen-bond acceptors (Lipinski definition) is 4. The number of aryl methyl sites for hydroxylation is 1. The Labute approximate surface area is 111 Å². The van der Waals surface area contributed by atoms with Crippen LogP contribution in [0.15, 0.2) is 24.3 Å². The molecule has 1 aliphatic rings. The third-order valence-electron chi connectivity index (χ3n) is 3.74. The Hall–Kier alpha value is -2.22. The first-order chi connectivity index (χ1) is 9.07. The van der Waals surface area contributed by atoms with Gasteiger partial charge in [-0.15, -0.1) is 0 Å². The number of hydrogen-bond donors (Lipinski definition) is 0. The molecule has 0 aromatic heterocycles. The Balaban J connectivity index is 2.04. The number of nitro benzene ring substituents is 1. The highest BCUT2D eigenvalue weighted by atomic mass is 16.6. The molecule has 0 spiro atoms. The summed E-state index contributed by atoms with van der Waals surface area (Å²) >= 11 is 0. The SMILES string of the molecule is N#CC1(CCc2ccc([N+](=O)[O-])cc2)CCCC1=O. The van der Waals surface area contributed by atoms with Crippen molar-refractivity contribution in [2.45, 2.75) is 32.1 Å². The molecule has 19 heavy (non-hydrogen) atoms. The largest absolute Gasteiger partial charge is 0.298 e. The monoisotopic (exact) mass is 258 g/mol. The predicted octanol–water partition coefficient (Wildman–Crippen LogP) is 2.79. The van der Waals surface area contributed by atoms with E-state index in [1.807, 2.05) is 0 Å². The van der Waals surface area contributed by atoms with Crippen LogP contribution in [-0.2, 0) is 11.2 Å². The normalized spacial score (nSPS) is 22.2. The van der Waals surface area contributed by atoms with Gasteiger partial charge in [-0.1, -0.05) is 12.1 Å². The Morgan fingerprint density at radius 2 is 2.05 bits per heavy atom. The van der Waals surface area contributed by atoms with Gasteiger partial charge in [0.1, 0.15) is 5.41 Å². The molecule has 0 saturated heterocycles. The molecule has 0 heterocycles. The highest BCUT2D eigenvalue weighted by molar-refractivity contribution is 5.89. The van der Waals surface area contributed by atoms with Crippen LogP contribution in [0.4, 0.5) is 5.69 Å². The van der Waals surface area contributed by atoms with Crippen LogP contribution in [0, 0.1) is 26.9 Å². The van der Waals surface area contributed by atoms with Gasteiger partial charge in [0.2, 0.25) is 0 Å². The van der Waals surface area contributed by atoms with E-state index in [9.17, 15) is 20.2 Å². The molecule has 1 unspecified atom stereocenters. The molecule has 5 heteroatoms. The van der Waals surface area contributed by atoms with Gasteiger partial charge in [0, 0.05) is 18.6 Å². The van der Waals surface area contributed by atoms with Crippen LogP contribution in [-0.4, -0.2) is 10.7 Å². The lowest BCUT2D eigenvalue weighted by Gasteiger charge is -2.18. The summed E-state index contributed by atoms with van der Waals surface area (Å²) in [6.45, 7) is 0. The van der Waals surface area contributed by atoms with Gasteiger partial charge in [0.05, 0.1) is 11.0 Å². The van der Waals surface area contributed by atoms with Crippen molar-refractivity contribution in [3.8, 4) is 6.07 Å². The van der Waals surface area contributed by atoms with Crippen molar-refractivity contribution < 1.29 is 9.72 Å². The number of ketones is 1. The van der Waals surface area contributed by atoms with Crippen molar-refractivity contribution in [3.05, 3.63) is 39.9 Å². The summed E-state index contributed by atoms with van der Waals surface area (Å²) in [6.07, 6.45) is 3.01. The van der Waals surface area contributed by atoms with E-state index in [-0.39, 0.29) is 11.5 Å². The summed E-state index contributed by atoms with van der Waals surface area (Å²) in [5.74, 6) is 0.0388. The van der Waals surface area contributed by atoms with Crippen molar-refractivity contribution in [3.63, 3.8) is 0 Å². The van der Waals surface area contributed by atoms with Gasteiger partial charge >= 0.3 is 0 Å². The number of benzene rings is 1. The van der Waals surface area contributed by atoms with Crippen molar-refractivity contribution in [2.24, 2.45) is 5.41 Å². The predicted molar refractivity (Wildman–Crippen MR) is 68.3 cm³/mol. The summed E-state index contributed by atoms with van der Waals surface area (Å²) in [5, 5.41) is 19.8. The van der Waals surface area contributed by atoms with Crippen LogP contribution in [0.3, 0.4) is 0 Å². The fourth-order valence-electron chi connectivity index (χ4n) is 2.51. The van der Waals surface area contributed by atoms with Crippen molar-refractivity contribution >= 4 is 11.5 Å². The van der Waals surface area contributed by atoms with Crippen LogP contribution in [0.5, 0.6) is 0 Å². The number of nitro groups is 1. The Bertz CT molecular complexity index is 545. The quantitative estimate of drug-likeness (QED) is 0.614. The molecule has 1 atom stereocenters. The minimum Gasteiger partial charge on any atom is -0.298 e. The number of carbonyl (C=O) groups excluding carboxylic acids is 1. The van der Waals surface area contributed by atoms with E-state index in [0.717, 1.165) is 12.0 Å². The average Bonchev–Trinajstić information content (AvgIpc) is 2.79. The molecular formula is C14H14N2O3. The topological polar surface area (TPSA) is 84.0 Å². The highest BCUT2D eigenvalue weighted by Crippen LogP contribution is 2.38. The van der Waals surface area contributed by atoms with Crippen molar-refractivity contribution in [1.29, 1.82) is 5.26 Å². The fourth-order valence-corrected chi connectivity index (χ4v) is 2.51. The number of rotatable bonds is 4. The molecule has 1 aromatic carbocycles. The van der Waals surface area contributed by atoms with E-state index in [1.54, 1.807) is 12.1 Å². The van der Waals surface area contributed by atoms with Gasteiger partial charge in [-0.05, 0) is 31.2 Å². The van der Waals surface area contributed by atoms with Gasteiger partial charge in [0.25, 0.3) is 5.69 Å². The molecule has 1 fully saturated rings. The molecule has 0 bridgehead atoms. The molecule has 1 aromatic rings. The summed E-state index contributed by atoms with van der Waals surface area (Å²) in [7, 11) is 0. The second-order valence-corrected chi connectivity index (χ2v) is 4.89. The highest BCUT2D eigenvalue weighted by Gasteiger charge is 2.41. The third-order valence-corrected chi connectivity index (χ3v) is 3.74. The number of nitriles is 1. The minimum absolute atomic E-state index is 0.0388. The molecule has 0 radical (unpaired) electrons. The average molecular weight is 258 g/mol. The van der Waals surface area contributed by atoms with Crippen LogP contribution in [0.25, 0.3) is 0 Å². The number of carbonyl (C=O) groups is 1. The zero-order valence-corrected chi connectivity index (χ0v) is 10.5. The van der Waals surface area contributed by atoms with Crippen LogP contribution in [0.1, 0.15) is 31.2 Å². The second-order valence-electron chi connectivity index (χ2n) is 4.89. The van der Waals surface area contributed by atoms with Gasteiger partial charge in [-0.3, -0.25) is 14.9 Å². The van der Waals surface area contributed by atoms with E-state index < -0.39 is 10.3 Å². The number of non-ortho nitro benzene ring substituents is 1. The maximum absolute atomic E-state index is 11.8. The maximum Gasteiger partial charge on any atom is 0.269 e. The van der Waals surface area contributed by atoms with Crippen LogP contribution >= 0.6 is 0 Å². The summed E-state index contributed by atoms with van der Waals surface area (Å²) in [4.78, 5) is 21.9. The maximum atomic E-state index is 11.8. The van der Waals surface area contributed by atoms with Gasteiger partial charge in [-0.25, -0.2) is 0 Å². The minimum atomic E-state index is -0.832. The lowest BCUT2D eigenvalue weighted by Crippen LogP contribution is -2.24. The molecule has 5 nitrogen and oxygen atoms in total. The van der Waals surface area contributed by atoms with E-state index >= 15 is 0 Å². The summed E-state index contributed by atoms with van der Waals surface area (Å²) < 4.78 is 0. The van der Waals surface area contributed by atoms with Crippen molar-refractivity contribution in [1.82, 2.24) is 0 Å². The smallest absolute Gasteiger partial charge is 0.269 e. The molecule has 2 rings (SSSR count). The first-order valence-electron chi connectivity index (χ1n) is 6.25. The number of nitrogens with zero attached hydrogens (tertiary/aromatic N) is 2. The lowest BCUT2D eigenvalue weighted by atomic mass is 9.81. The molecule has 0 N–H and O–H groups in total. The fraction of sp³-hybridized carbons (Fsp3) is 0.429. The zero-order valence-electron chi connectivity index (χ0n) is 10.5. The molecule has 0 amide bonds. The lowest BCUT2D eigenvalue weighted by molar-refractivity contribution is -0.384. The van der Waals surface area contributed by atoms with Crippen LogP contribution in [0.2, 0.25) is 0 Å². The van der Waals surface area contributed by atoms with E-state index in [4.69, 9.17) is 0 Å². The Morgan fingerprint density at radius 3 is 2.53 bits per heavy atom. The van der Waals surface area contributed by atoms with Crippen LogP contribution < -0.4 is 0 Å². The van der Waals surface area contributed by atoms with Gasteiger partial charge in [-0.2, -0.15) is 5.26 Å². The molecule has 1 aliphatic carbocycles. The molecule has 98 valence electrons. The van der Waals surface area contributed by atoms with E-state index in [1.165, 1.54) is 12.1 Å². The second kappa shape index (κ2) is 5.19. The van der Waals surface area contributed by atoms with Gasteiger partial charge in [0.15, 0.2) is 5.78 Å². The van der Waals surface area contributed by atoms with E-state index in [2.05, 4.69) is 6.07 Å². The first kappa shape index (κ1) is 13.2. The third kappa shape index (κ3) is 2.63. The first-order valence-corrected chi connectivity index (χ1v) is 6.25. The standard InChI is InChI=1S/C14H14N2O3/c15-10-14(8-1-2-13(14)17)9-7-11-3-5-12(6-4-11)16(18)19/h3-6H,1-2,7-9H2. The molecular weight excluding hydrogens is 244 g/mol. The Kier molecular flexibility index (Phi) is 3.61. The zero-order chi connectivity index (χ0) is 13.9.